The predicted molar refractivity (Wildman–Crippen MR) is 97.2 cm³/mol. The summed E-state index contributed by atoms with van der Waals surface area (Å²) in [5.41, 5.74) is 1.99. The van der Waals surface area contributed by atoms with Crippen LogP contribution in [0.2, 0.25) is 0 Å². The van der Waals surface area contributed by atoms with Crippen LogP contribution < -0.4 is 10.1 Å². The molecule has 0 saturated carbocycles. The molecule has 5 heteroatoms. The van der Waals surface area contributed by atoms with Gasteiger partial charge >= 0.3 is 0 Å². The first-order valence-corrected chi connectivity index (χ1v) is 8.84. The Balaban J connectivity index is 1.57. The summed E-state index contributed by atoms with van der Waals surface area (Å²) < 4.78 is 5.83. The smallest absolute Gasteiger partial charge is 0.217 e. The van der Waals surface area contributed by atoms with Gasteiger partial charge in [-0.15, -0.1) is 0 Å². The van der Waals surface area contributed by atoms with Gasteiger partial charge in [-0.1, -0.05) is 24.3 Å². The maximum absolute atomic E-state index is 11.1. The average molecular weight is 339 g/mol. The summed E-state index contributed by atoms with van der Waals surface area (Å²) in [5.74, 6) is 0.876. The Hall–Kier alpha value is -2.40. The number of pyridine rings is 1. The number of carbonyl (C=O) groups excluding carboxylic acids is 1. The highest BCUT2D eigenvalue weighted by Gasteiger charge is 2.26. The lowest BCUT2D eigenvalue weighted by Crippen LogP contribution is -2.29. The van der Waals surface area contributed by atoms with E-state index in [-0.39, 0.29) is 5.91 Å². The summed E-state index contributed by atoms with van der Waals surface area (Å²) in [6, 6.07) is 16.3. The van der Waals surface area contributed by atoms with Crippen molar-refractivity contribution in [1.29, 1.82) is 0 Å². The van der Waals surface area contributed by atoms with Crippen molar-refractivity contribution in [1.82, 2.24) is 15.2 Å². The van der Waals surface area contributed by atoms with Crippen LogP contribution in [0.4, 0.5) is 0 Å². The SMILES string of the molecule is CC(=O)NCc1cccc([C@H]2CCCN2CCOc2ccccc2)n1. The third-order valence-corrected chi connectivity index (χ3v) is 4.44. The number of aromatic nitrogens is 1. The van der Waals surface area contributed by atoms with Crippen LogP contribution in [0.1, 0.15) is 37.2 Å². The molecule has 1 fully saturated rings. The van der Waals surface area contributed by atoms with E-state index in [0.29, 0.717) is 19.2 Å². The van der Waals surface area contributed by atoms with Gasteiger partial charge in [-0.05, 0) is 43.7 Å². The van der Waals surface area contributed by atoms with Gasteiger partial charge < -0.3 is 10.1 Å². The normalized spacial score (nSPS) is 17.4. The summed E-state index contributed by atoms with van der Waals surface area (Å²) >= 11 is 0. The zero-order valence-corrected chi connectivity index (χ0v) is 14.6. The molecular weight excluding hydrogens is 314 g/mol. The second-order valence-corrected chi connectivity index (χ2v) is 6.32. The van der Waals surface area contributed by atoms with E-state index in [0.717, 1.165) is 36.6 Å². The van der Waals surface area contributed by atoms with Crippen LogP contribution in [0.25, 0.3) is 0 Å². The molecule has 25 heavy (non-hydrogen) atoms. The number of hydrogen-bond acceptors (Lipinski definition) is 4. The van der Waals surface area contributed by atoms with E-state index in [1.807, 2.05) is 42.5 Å². The van der Waals surface area contributed by atoms with E-state index in [9.17, 15) is 4.79 Å². The van der Waals surface area contributed by atoms with Gasteiger partial charge in [0.05, 0.1) is 24.0 Å². The number of para-hydroxylation sites is 1. The van der Waals surface area contributed by atoms with Crippen LogP contribution in [0.3, 0.4) is 0 Å². The zero-order chi connectivity index (χ0) is 17.5. The second-order valence-electron chi connectivity index (χ2n) is 6.32. The van der Waals surface area contributed by atoms with Crippen molar-refractivity contribution in [3.05, 3.63) is 59.9 Å². The van der Waals surface area contributed by atoms with Gasteiger partial charge in [0, 0.05) is 13.5 Å². The minimum atomic E-state index is -0.0345. The van der Waals surface area contributed by atoms with Crippen LogP contribution >= 0.6 is 0 Å². The molecule has 0 bridgehead atoms. The van der Waals surface area contributed by atoms with E-state index >= 15 is 0 Å². The fraction of sp³-hybridized carbons (Fsp3) is 0.400. The van der Waals surface area contributed by atoms with E-state index < -0.39 is 0 Å². The van der Waals surface area contributed by atoms with E-state index in [1.54, 1.807) is 0 Å². The monoisotopic (exact) mass is 339 g/mol. The molecular formula is C20H25N3O2. The van der Waals surface area contributed by atoms with Crippen molar-refractivity contribution in [2.45, 2.75) is 32.4 Å². The maximum atomic E-state index is 11.1. The number of carbonyl (C=O) groups is 1. The van der Waals surface area contributed by atoms with Gasteiger partial charge in [0.1, 0.15) is 12.4 Å². The first-order valence-electron chi connectivity index (χ1n) is 8.84. The van der Waals surface area contributed by atoms with Gasteiger partial charge in [0.2, 0.25) is 5.91 Å². The van der Waals surface area contributed by atoms with Crippen molar-refractivity contribution >= 4 is 5.91 Å². The van der Waals surface area contributed by atoms with E-state index in [2.05, 4.69) is 16.3 Å². The Morgan fingerprint density at radius 2 is 2.08 bits per heavy atom. The Kier molecular flexibility index (Phi) is 6.01. The van der Waals surface area contributed by atoms with Crippen LogP contribution in [0.5, 0.6) is 5.75 Å². The molecule has 1 aliphatic heterocycles. The Morgan fingerprint density at radius 1 is 1.24 bits per heavy atom. The minimum absolute atomic E-state index is 0.0345. The molecule has 0 aliphatic carbocycles. The van der Waals surface area contributed by atoms with E-state index in [1.165, 1.54) is 13.3 Å². The maximum Gasteiger partial charge on any atom is 0.217 e. The van der Waals surface area contributed by atoms with Crippen LogP contribution in [-0.2, 0) is 11.3 Å². The molecule has 3 rings (SSSR count). The second kappa shape index (κ2) is 8.62. The zero-order valence-electron chi connectivity index (χ0n) is 14.6. The number of hydrogen-bond donors (Lipinski definition) is 1. The molecule has 0 unspecified atom stereocenters. The molecule has 0 radical (unpaired) electrons. The minimum Gasteiger partial charge on any atom is -0.492 e. The van der Waals surface area contributed by atoms with Gasteiger partial charge in [0.15, 0.2) is 0 Å². The number of likely N-dealkylation sites (tertiary alicyclic amines) is 1. The van der Waals surface area contributed by atoms with Crippen molar-refractivity contribution in [3.8, 4) is 5.75 Å². The summed E-state index contributed by atoms with van der Waals surface area (Å²) in [6.45, 7) is 4.63. The van der Waals surface area contributed by atoms with Gasteiger partial charge in [-0.2, -0.15) is 0 Å². The van der Waals surface area contributed by atoms with Crippen LogP contribution in [0.15, 0.2) is 48.5 Å². The third-order valence-electron chi connectivity index (χ3n) is 4.44. The highest BCUT2D eigenvalue weighted by Crippen LogP contribution is 2.30. The molecule has 1 aromatic heterocycles. The molecule has 1 atom stereocenters. The van der Waals surface area contributed by atoms with Gasteiger partial charge in [0.25, 0.3) is 0 Å². The number of amides is 1. The summed E-state index contributed by atoms with van der Waals surface area (Å²) in [7, 11) is 0. The number of benzene rings is 1. The summed E-state index contributed by atoms with van der Waals surface area (Å²) in [4.78, 5) is 18.3. The van der Waals surface area contributed by atoms with Crippen LogP contribution in [-0.4, -0.2) is 35.5 Å². The van der Waals surface area contributed by atoms with Crippen molar-refractivity contribution < 1.29 is 9.53 Å². The molecule has 132 valence electrons. The predicted octanol–water partition coefficient (Wildman–Crippen LogP) is 2.93. The Bertz CT molecular complexity index is 690. The standard InChI is InChI=1S/C20H25N3O2/c1-16(24)21-15-17-7-5-10-19(22-17)20-11-6-12-23(20)13-14-25-18-8-3-2-4-9-18/h2-5,7-10,20H,6,11-15H2,1H3,(H,21,24)/t20-/m1/s1. The molecule has 1 aliphatic rings. The lowest BCUT2D eigenvalue weighted by molar-refractivity contribution is -0.119. The van der Waals surface area contributed by atoms with Gasteiger partial charge in [-0.3, -0.25) is 14.7 Å². The molecule has 1 aromatic carbocycles. The molecule has 2 aromatic rings. The third kappa shape index (κ3) is 5.03. The highest BCUT2D eigenvalue weighted by molar-refractivity contribution is 5.72. The number of rotatable bonds is 7. The summed E-state index contributed by atoms with van der Waals surface area (Å²) in [6.07, 6.45) is 2.29. The first-order chi connectivity index (χ1) is 12.2. The lowest BCUT2D eigenvalue weighted by Gasteiger charge is -2.24. The number of nitrogens with zero attached hydrogens (tertiary/aromatic N) is 2. The molecule has 1 N–H and O–H groups in total. The molecule has 5 nitrogen and oxygen atoms in total. The topological polar surface area (TPSA) is 54.5 Å². The number of nitrogens with one attached hydrogen (secondary N) is 1. The number of ether oxygens (including phenoxy) is 1. The highest BCUT2D eigenvalue weighted by atomic mass is 16.5. The van der Waals surface area contributed by atoms with Crippen molar-refractivity contribution in [3.63, 3.8) is 0 Å². The Morgan fingerprint density at radius 3 is 2.88 bits per heavy atom. The quantitative estimate of drug-likeness (QED) is 0.843. The fourth-order valence-corrected chi connectivity index (χ4v) is 3.22. The first kappa shape index (κ1) is 17.4. The largest absolute Gasteiger partial charge is 0.492 e. The van der Waals surface area contributed by atoms with Crippen molar-refractivity contribution in [2.24, 2.45) is 0 Å². The molecule has 1 saturated heterocycles. The molecule has 2 heterocycles. The molecule has 1 amide bonds. The fourth-order valence-electron chi connectivity index (χ4n) is 3.22. The molecule has 0 spiro atoms. The van der Waals surface area contributed by atoms with Crippen molar-refractivity contribution in [2.75, 3.05) is 19.7 Å². The Labute approximate surface area is 149 Å². The lowest BCUT2D eigenvalue weighted by atomic mass is 10.1. The van der Waals surface area contributed by atoms with E-state index in [4.69, 9.17) is 9.72 Å². The van der Waals surface area contributed by atoms with Gasteiger partial charge in [-0.25, -0.2) is 0 Å². The summed E-state index contributed by atoms with van der Waals surface area (Å²) in [5, 5.41) is 2.81. The average Bonchev–Trinajstić information content (AvgIpc) is 3.10. The van der Waals surface area contributed by atoms with Crippen LogP contribution in [0, 0.1) is 0 Å².